The third-order valence-electron chi connectivity index (χ3n) is 4.10. The maximum absolute atomic E-state index is 3.60. The van der Waals surface area contributed by atoms with Gasteiger partial charge in [-0.1, -0.05) is 63.1 Å². The van der Waals surface area contributed by atoms with Gasteiger partial charge >= 0.3 is 0 Å². The Labute approximate surface area is 114 Å². The van der Waals surface area contributed by atoms with Gasteiger partial charge in [-0.15, -0.1) is 0 Å². The van der Waals surface area contributed by atoms with Gasteiger partial charge in [0.15, 0.2) is 0 Å². The SMILES string of the molecule is CCCCC(C)c1cccc2c1[nH]c1ccccc12. The van der Waals surface area contributed by atoms with Crippen LogP contribution in [0.25, 0.3) is 21.8 Å². The Hall–Kier alpha value is -1.76. The minimum atomic E-state index is 0.622. The molecular weight excluding hydrogens is 230 g/mol. The maximum Gasteiger partial charge on any atom is 0.0500 e. The summed E-state index contributed by atoms with van der Waals surface area (Å²) in [6.45, 7) is 4.60. The van der Waals surface area contributed by atoms with Crippen LogP contribution in [0.5, 0.6) is 0 Å². The summed E-state index contributed by atoms with van der Waals surface area (Å²) in [5.74, 6) is 0.622. The monoisotopic (exact) mass is 251 g/mol. The molecule has 0 amide bonds. The molecule has 1 heterocycles. The molecule has 98 valence electrons. The molecule has 3 rings (SSSR count). The highest BCUT2D eigenvalue weighted by Crippen LogP contribution is 2.32. The van der Waals surface area contributed by atoms with Crippen LogP contribution in [-0.4, -0.2) is 4.98 Å². The first kappa shape index (κ1) is 12.3. The fraction of sp³-hybridized carbons (Fsp3) is 0.333. The predicted molar refractivity (Wildman–Crippen MR) is 83.7 cm³/mol. The summed E-state index contributed by atoms with van der Waals surface area (Å²) in [5.41, 5.74) is 4.03. The Morgan fingerprint density at radius 3 is 2.63 bits per heavy atom. The molecule has 1 unspecified atom stereocenters. The predicted octanol–water partition coefficient (Wildman–Crippen LogP) is 5.61. The highest BCUT2D eigenvalue weighted by atomic mass is 14.7. The summed E-state index contributed by atoms with van der Waals surface area (Å²) < 4.78 is 0. The van der Waals surface area contributed by atoms with Gasteiger partial charge in [0.2, 0.25) is 0 Å². The van der Waals surface area contributed by atoms with Gasteiger partial charge in [-0.25, -0.2) is 0 Å². The van der Waals surface area contributed by atoms with Gasteiger partial charge in [0.25, 0.3) is 0 Å². The highest BCUT2D eigenvalue weighted by molar-refractivity contribution is 6.08. The number of rotatable bonds is 4. The lowest BCUT2D eigenvalue weighted by atomic mass is 9.93. The van der Waals surface area contributed by atoms with E-state index in [1.165, 1.54) is 46.6 Å². The van der Waals surface area contributed by atoms with Crippen molar-refractivity contribution >= 4 is 21.8 Å². The number of H-pyrrole nitrogens is 1. The van der Waals surface area contributed by atoms with Gasteiger partial charge in [0.05, 0.1) is 0 Å². The molecule has 3 aromatic rings. The zero-order valence-electron chi connectivity index (χ0n) is 11.7. The first-order valence-electron chi connectivity index (χ1n) is 7.30. The molecule has 1 atom stereocenters. The molecule has 0 aliphatic carbocycles. The first-order chi connectivity index (χ1) is 9.31. The van der Waals surface area contributed by atoms with E-state index in [9.17, 15) is 0 Å². The van der Waals surface area contributed by atoms with Crippen molar-refractivity contribution in [1.29, 1.82) is 0 Å². The van der Waals surface area contributed by atoms with Gasteiger partial charge < -0.3 is 4.98 Å². The topological polar surface area (TPSA) is 15.8 Å². The molecule has 0 aliphatic rings. The van der Waals surface area contributed by atoms with Crippen LogP contribution in [0, 0.1) is 0 Å². The van der Waals surface area contributed by atoms with E-state index in [1.54, 1.807) is 0 Å². The van der Waals surface area contributed by atoms with Crippen LogP contribution in [0.4, 0.5) is 0 Å². The van der Waals surface area contributed by atoms with E-state index in [4.69, 9.17) is 0 Å². The van der Waals surface area contributed by atoms with Crippen LogP contribution >= 0.6 is 0 Å². The lowest BCUT2D eigenvalue weighted by Gasteiger charge is -2.12. The van der Waals surface area contributed by atoms with Crippen LogP contribution < -0.4 is 0 Å². The molecule has 1 nitrogen and oxygen atoms in total. The van der Waals surface area contributed by atoms with Crippen molar-refractivity contribution in [3.05, 3.63) is 48.0 Å². The Bertz CT molecular complexity index is 693. The molecule has 0 bridgehead atoms. The van der Waals surface area contributed by atoms with E-state index in [0.717, 1.165) is 0 Å². The lowest BCUT2D eigenvalue weighted by Crippen LogP contribution is -1.94. The third kappa shape index (κ3) is 2.14. The van der Waals surface area contributed by atoms with Crippen molar-refractivity contribution in [2.24, 2.45) is 0 Å². The molecule has 0 saturated heterocycles. The average molecular weight is 251 g/mol. The molecule has 2 aromatic carbocycles. The smallest absolute Gasteiger partial charge is 0.0500 e. The number of para-hydroxylation sites is 2. The van der Waals surface area contributed by atoms with Crippen molar-refractivity contribution in [2.45, 2.75) is 39.0 Å². The molecule has 0 aliphatic heterocycles. The van der Waals surface area contributed by atoms with E-state index in [1.807, 2.05) is 0 Å². The minimum absolute atomic E-state index is 0.622. The molecule has 1 N–H and O–H groups in total. The molecule has 0 fully saturated rings. The van der Waals surface area contributed by atoms with Crippen molar-refractivity contribution in [2.75, 3.05) is 0 Å². The Balaban J connectivity index is 2.15. The fourth-order valence-electron chi connectivity index (χ4n) is 2.97. The van der Waals surface area contributed by atoms with Gasteiger partial charge in [-0.05, 0) is 24.0 Å². The number of hydrogen-bond donors (Lipinski definition) is 1. The Morgan fingerprint density at radius 2 is 1.79 bits per heavy atom. The lowest BCUT2D eigenvalue weighted by molar-refractivity contribution is 0.627. The van der Waals surface area contributed by atoms with E-state index >= 15 is 0 Å². The summed E-state index contributed by atoms with van der Waals surface area (Å²) in [6, 6.07) is 15.3. The number of fused-ring (bicyclic) bond motifs is 3. The Kier molecular flexibility index (Phi) is 3.29. The molecule has 0 saturated carbocycles. The average Bonchev–Trinajstić information content (AvgIpc) is 2.83. The zero-order chi connectivity index (χ0) is 13.2. The second-order valence-corrected chi connectivity index (χ2v) is 5.48. The van der Waals surface area contributed by atoms with Crippen LogP contribution in [-0.2, 0) is 0 Å². The second-order valence-electron chi connectivity index (χ2n) is 5.48. The van der Waals surface area contributed by atoms with Gasteiger partial charge in [-0.3, -0.25) is 0 Å². The van der Waals surface area contributed by atoms with Crippen molar-refractivity contribution in [3.63, 3.8) is 0 Å². The zero-order valence-corrected chi connectivity index (χ0v) is 11.7. The molecule has 0 radical (unpaired) electrons. The first-order valence-corrected chi connectivity index (χ1v) is 7.30. The normalized spacial score (nSPS) is 13.2. The maximum atomic E-state index is 3.60. The van der Waals surface area contributed by atoms with Crippen LogP contribution in [0.15, 0.2) is 42.5 Å². The number of aromatic nitrogens is 1. The van der Waals surface area contributed by atoms with E-state index < -0.39 is 0 Å². The fourth-order valence-corrected chi connectivity index (χ4v) is 2.97. The standard InChI is InChI=1S/C18H21N/c1-3-4-8-13(2)14-10-7-11-16-15-9-5-6-12-17(15)19-18(14)16/h5-7,9-13,19H,3-4,8H2,1-2H3. The van der Waals surface area contributed by atoms with Crippen LogP contribution in [0.3, 0.4) is 0 Å². The van der Waals surface area contributed by atoms with Crippen molar-refractivity contribution < 1.29 is 0 Å². The quantitative estimate of drug-likeness (QED) is 0.620. The van der Waals surface area contributed by atoms with Gasteiger partial charge in [-0.2, -0.15) is 0 Å². The summed E-state index contributed by atoms with van der Waals surface area (Å²) >= 11 is 0. The van der Waals surface area contributed by atoms with E-state index in [-0.39, 0.29) is 0 Å². The highest BCUT2D eigenvalue weighted by Gasteiger charge is 2.12. The number of hydrogen-bond acceptors (Lipinski definition) is 0. The number of unbranched alkanes of at least 4 members (excludes halogenated alkanes) is 1. The molecule has 19 heavy (non-hydrogen) atoms. The van der Waals surface area contributed by atoms with E-state index in [0.29, 0.717) is 5.92 Å². The van der Waals surface area contributed by atoms with Crippen molar-refractivity contribution in [1.82, 2.24) is 4.98 Å². The Morgan fingerprint density at radius 1 is 1.00 bits per heavy atom. The van der Waals surface area contributed by atoms with Crippen LogP contribution in [0.1, 0.15) is 44.6 Å². The number of aromatic amines is 1. The molecule has 1 heteroatoms. The third-order valence-corrected chi connectivity index (χ3v) is 4.10. The molecule has 1 aromatic heterocycles. The van der Waals surface area contributed by atoms with Gasteiger partial charge in [0, 0.05) is 21.8 Å². The number of benzene rings is 2. The van der Waals surface area contributed by atoms with Gasteiger partial charge in [0.1, 0.15) is 0 Å². The molecule has 0 spiro atoms. The van der Waals surface area contributed by atoms with Crippen LogP contribution in [0.2, 0.25) is 0 Å². The summed E-state index contributed by atoms with van der Waals surface area (Å²) in [7, 11) is 0. The summed E-state index contributed by atoms with van der Waals surface area (Å²) in [6.07, 6.45) is 3.84. The second kappa shape index (κ2) is 5.08. The number of nitrogens with one attached hydrogen (secondary N) is 1. The van der Waals surface area contributed by atoms with E-state index in [2.05, 4.69) is 61.3 Å². The molecular formula is C18H21N. The largest absolute Gasteiger partial charge is 0.354 e. The summed E-state index contributed by atoms with van der Waals surface area (Å²) in [5, 5.41) is 2.69. The van der Waals surface area contributed by atoms with Crippen molar-refractivity contribution in [3.8, 4) is 0 Å². The summed E-state index contributed by atoms with van der Waals surface area (Å²) in [4.78, 5) is 3.60. The minimum Gasteiger partial charge on any atom is -0.354 e.